The molecule has 0 saturated carbocycles. The molecule has 0 aliphatic carbocycles. The highest BCUT2D eigenvalue weighted by Crippen LogP contribution is 2.52. The van der Waals surface area contributed by atoms with Crippen LogP contribution >= 0.6 is 11.6 Å². The van der Waals surface area contributed by atoms with Gasteiger partial charge in [-0.3, -0.25) is 14.6 Å². The summed E-state index contributed by atoms with van der Waals surface area (Å²) in [4.78, 5) is 41.0. The molecular formula is C22H18ClN3O4. The predicted octanol–water partition coefficient (Wildman–Crippen LogP) is 2.78. The van der Waals surface area contributed by atoms with Crippen molar-refractivity contribution in [1.29, 1.82) is 0 Å². The number of fused-ring (bicyclic) bond motifs is 5. The topological polar surface area (TPSA) is 79.3 Å². The average molecular weight is 424 g/mol. The number of hydrazone groups is 1. The fraction of sp³-hybridized carbons (Fsp3) is 0.273. The molecule has 7 nitrogen and oxygen atoms in total. The van der Waals surface area contributed by atoms with E-state index in [9.17, 15) is 14.4 Å². The van der Waals surface area contributed by atoms with Crippen LogP contribution in [-0.4, -0.2) is 41.7 Å². The number of carbonyl (C=O) groups excluding carboxylic acids is 3. The van der Waals surface area contributed by atoms with E-state index in [1.54, 1.807) is 42.4 Å². The maximum Gasteiger partial charge on any atom is 0.331 e. The average Bonchev–Trinajstić information content (AvgIpc) is 3.22. The van der Waals surface area contributed by atoms with Gasteiger partial charge in [-0.25, -0.2) is 9.69 Å². The summed E-state index contributed by atoms with van der Waals surface area (Å²) in [6, 6.07) is 12.6. The predicted molar refractivity (Wildman–Crippen MR) is 110 cm³/mol. The maximum absolute atomic E-state index is 13.5. The minimum absolute atomic E-state index is 0.175. The van der Waals surface area contributed by atoms with Crippen LogP contribution in [0.3, 0.4) is 0 Å². The number of benzene rings is 2. The molecular weight excluding hydrogens is 406 g/mol. The van der Waals surface area contributed by atoms with Crippen LogP contribution in [0.5, 0.6) is 0 Å². The van der Waals surface area contributed by atoms with Gasteiger partial charge in [0, 0.05) is 5.02 Å². The molecule has 3 heterocycles. The van der Waals surface area contributed by atoms with E-state index in [2.05, 4.69) is 5.10 Å². The quantitative estimate of drug-likeness (QED) is 0.560. The number of hydrogen-bond donors (Lipinski definition) is 0. The van der Waals surface area contributed by atoms with Crippen LogP contribution < -0.4 is 4.90 Å². The second-order valence-electron chi connectivity index (χ2n) is 7.44. The van der Waals surface area contributed by atoms with Crippen molar-refractivity contribution in [2.24, 2.45) is 16.9 Å². The van der Waals surface area contributed by atoms with Gasteiger partial charge in [0.25, 0.3) is 0 Å². The van der Waals surface area contributed by atoms with Crippen molar-refractivity contribution >= 4 is 41.3 Å². The molecule has 0 bridgehead atoms. The van der Waals surface area contributed by atoms with Gasteiger partial charge in [0.1, 0.15) is 0 Å². The van der Waals surface area contributed by atoms with Crippen LogP contribution in [0.1, 0.15) is 24.1 Å². The number of halogens is 1. The summed E-state index contributed by atoms with van der Waals surface area (Å²) in [5.74, 6) is -2.93. The van der Waals surface area contributed by atoms with Crippen LogP contribution in [0.15, 0.2) is 53.6 Å². The number of imide groups is 1. The third-order valence-electron chi connectivity index (χ3n) is 5.91. The van der Waals surface area contributed by atoms with Gasteiger partial charge >= 0.3 is 5.97 Å². The van der Waals surface area contributed by atoms with Crippen molar-refractivity contribution < 1.29 is 19.1 Å². The second kappa shape index (κ2) is 6.95. The third-order valence-corrected chi connectivity index (χ3v) is 6.16. The molecule has 2 saturated heterocycles. The van der Waals surface area contributed by atoms with Gasteiger partial charge in [-0.15, -0.1) is 0 Å². The maximum atomic E-state index is 13.5. The molecule has 0 aromatic heterocycles. The van der Waals surface area contributed by atoms with Gasteiger partial charge in [-0.2, -0.15) is 5.10 Å². The number of amides is 2. The number of esters is 1. The molecule has 152 valence electrons. The summed E-state index contributed by atoms with van der Waals surface area (Å²) < 4.78 is 5.26. The summed E-state index contributed by atoms with van der Waals surface area (Å²) in [6.07, 6.45) is 1.66. The Morgan fingerprint density at radius 3 is 2.50 bits per heavy atom. The highest BCUT2D eigenvalue weighted by Gasteiger charge is 2.66. The van der Waals surface area contributed by atoms with Crippen molar-refractivity contribution in [2.75, 3.05) is 11.5 Å². The first-order valence-electron chi connectivity index (χ1n) is 9.74. The Kier molecular flexibility index (Phi) is 4.36. The molecule has 5 rings (SSSR count). The molecule has 3 aliphatic rings. The Hall–Kier alpha value is -3.19. The SMILES string of the molecule is CCOC(=O)[C@@H]1[C@@H]2C(=O)N(c3ccc(Cl)cc3)C(=O)[C@@H]2[C@H]2c3ccccc3C=NN12. The Balaban J connectivity index is 1.63. The Morgan fingerprint density at radius 1 is 1.07 bits per heavy atom. The zero-order valence-electron chi connectivity index (χ0n) is 16.1. The van der Waals surface area contributed by atoms with Gasteiger partial charge in [0.2, 0.25) is 11.8 Å². The van der Waals surface area contributed by atoms with Crippen LogP contribution in [-0.2, 0) is 19.1 Å². The number of rotatable bonds is 3. The summed E-state index contributed by atoms with van der Waals surface area (Å²) in [6.45, 7) is 1.88. The highest BCUT2D eigenvalue weighted by molar-refractivity contribution is 6.31. The van der Waals surface area contributed by atoms with E-state index in [0.717, 1.165) is 16.0 Å². The van der Waals surface area contributed by atoms with Gasteiger partial charge in [0.15, 0.2) is 6.04 Å². The summed E-state index contributed by atoms with van der Waals surface area (Å²) in [7, 11) is 0. The monoisotopic (exact) mass is 423 g/mol. The lowest BCUT2D eigenvalue weighted by Gasteiger charge is -2.33. The van der Waals surface area contributed by atoms with E-state index in [4.69, 9.17) is 16.3 Å². The molecule has 0 N–H and O–H groups in total. The normalized spacial score (nSPS) is 26.5. The van der Waals surface area contributed by atoms with Crippen molar-refractivity contribution in [1.82, 2.24) is 5.01 Å². The van der Waals surface area contributed by atoms with Crippen molar-refractivity contribution in [3.05, 3.63) is 64.7 Å². The zero-order valence-corrected chi connectivity index (χ0v) is 16.8. The minimum Gasteiger partial charge on any atom is -0.464 e. The molecule has 0 unspecified atom stereocenters. The summed E-state index contributed by atoms with van der Waals surface area (Å²) >= 11 is 5.96. The number of anilines is 1. The zero-order chi connectivity index (χ0) is 21.0. The lowest BCUT2D eigenvalue weighted by Crippen LogP contribution is -2.45. The molecule has 0 radical (unpaired) electrons. The standard InChI is InChI=1S/C22H18ClN3O4/c1-2-30-22(29)19-17-16(18-15-6-4-3-5-12(15)11-24-26(18)19)20(27)25(21(17)28)14-9-7-13(23)8-10-14/h3-11,16-19H,2H2,1H3/t16-,17+,18+,19-/m0/s1. The Morgan fingerprint density at radius 2 is 1.77 bits per heavy atom. The number of nitrogens with zero attached hydrogens (tertiary/aromatic N) is 3. The lowest BCUT2D eigenvalue weighted by atomic mass is 9.85. The smallest absolute Gasteiger partial charge is 0.331 e. The van der Waals surface area contributed by atoms with Gasteiger partial charge in [-0.1, -0.05) is 35.9 Å². The van der Waals surface area contributed by atoms with E-state index in [-0.39, 0.29) is 12.5 Å². The van der Waals surface area contributed by atoms with Crippen LogP contribution in [0.2, 0.25) is 5.02 Å². The number of hydrogen-bond acceptors (Lipinski definition) is 6. The first-order valence-corrected chi connectivity index (χ1v) is 10.1. The van der Waals surface area contributed by atoms with Gasteiger partial charge in [-0.05, 0) is 42.3 Å². The highest BCUT2D eigenvalue weighted by atomic mass is 35.5. The minimum atomic E-state index is -0.960. The van der Waals surface area contributed by atoms with E-state index in [1.807, 2.05) is 24.3 Å². The Bertz CT molecular complexity index is 1080. The molecule has 2 aromatic rings. The fourth-order valence-electron chi connectivity index (χ4n) is 4.71. The van der Waals surface area contributed by atoms with E-state index < -0.39 is 35.8 Å². The fourth-order valence-corrected chi connectivity index (χ4v) is 4.84. The lowest BCUT2D eigenvalue weighted by molar-refractivity contribution is -0.152. The number of carbonyl (C=O) groups is 3. The molecule has 8 heteroatoms. The van der Waals surface area contributed by atoms with Crippen molar-refractivity contribution in [3.8, 4) is 0 Å². The molecule has 30 heavy (non-hydrogen) atoms. The largest absolute Gasteiger partial charge is 0.464 e. The van der Waals surface area contributed by atoms with E-state index in [0.29, 0.717) is 10.7 Å². The Labute approximate surface area is 177 Å². The summed E-state index contributed by atoms with van der Waals surface area (Å²) in [5.41, 5.74) is 2.17. The van der Waals surface area contributed by atoms with Gasteiger partial charge < -0.3 is 4.74 Å². The van der Waals surface area contributed by atoms with Crippen LogP contribution in [0.4, 0.5) is 5.69 Å². The van der Waals surface area contributed by atoms with E-state index >= 15 is 0 Å². The first-order chi connectivity index (χ1) is 14.5. The molecule has 4 atom stereocenters. The molecule has 2 amide bonds. The van der Waals surface area contributed by atoms with Crippen molar-refractivity contribution in [2.45, 2.75) is 19.0 Å². The van der Waals surface area contributed by atoms with Gasteiger partial charge in [0.05, 0.1) is 36.4 Å². The molecule has 2 fully saturated rings. The first kappa shape index (κ1) is 18.8. The molecule has 0 spiro atoms. The number of ether oxygens (including phenoxy) is 1. The summed E-state index contributed by atoms with van der Waals surface area (Å²) in [5, 5.41) is 6.52. The molecule has 2 aromatic carbocycles. The van der Waals surface area contributed by atoms with Crippen LogP contribution in [0.25, 0.3) is 0 Å². The van der Waals surface area contributed by atoms with Crippen LogP contribution in [0, 0.1) is 11.8 Å². The van der Waals surface area contributed by atoms with E-state index in [1.165, 1.54) is 0 Å². The third kappa shape index (κ3) is 2.58. The molecule has 3 aliphatic heterocycles. The second-order valence-corrected chi connectivity index (χ2v) is 7.87. The van der Waals surface area contributed by atoms with Crippen molar-refractivity contribution in [3.63, 3.8) is 0 Å².